The smallest absolute Gasteiger partial charge is 0.124 e. The zero-order chi connectivity index (χ0) is 13.1. The summed E-state index contributed by atoms with van der Waals surface area (Å²) in [7, 11) is -1.33. The van der Waals surface area contributed by atoms with E-state index >= 15 is 0 Å². The maximum Gasteiger partial charge on any atom is 0.124 e. The molecule has 2 rings (SSSR count). The van der Waals surface area contributed by atoms with Gasteiger partial charge in [-0.2, -0.15) is 0 Å². The van der Waals surface area contributed by atoms with E-state index in [9.17, 15) is 8.60 Å². The highest BCUT2D eigenvalue weighted by molar-refractivity contribution is 7.84. The first-order valence-corrected chi connectivity index (χ1v) is 6.94. The van der Waals surface area contributed by atoms with Crippen LogP contribution in [-0.4, -0.2) is 4.21 Å². The number of benzene rings is 2. The van der Waals surface area contributed by atoms with Crippen LogP contribution in [0.4, 0.5) is 10.1 Å². The molecule has 0 bridgehead atoms. The van der Waals surface area contributed by atoms with Crippen molar-refractivity contribution in [1.29, 1.82) is 0 Å². The lowest BCUT2D eigenvalue weighted by Gasteiger charge is -2.06. The molecule has 18 heavy (non-hydrogen) atoms. The van der Waals surface area contributed by atoms with Gasteiger partial charge in [-0.05, 0) is 35.9 Å². The largest absolute Gasteiger partial charge is 0.399 e. The SMILES string of the molecule is Nc1ccc(CS(=O)c2cccc(F)c2)c(Cl)c1. The number of nitrogen functional groups attached to an aromatic ring is 1. The summed E-state index contributed by atoms with van der Waals surface area (Å²) in [6.45, 7) is 0. The van der Waals surface area contributed by atoms with Crippen molar-refractivity contribution < 1.29 is 8.60 Å². The quantitative estimate of drug-likeness (QED) is 0.878. The van der Waals surface area contributed by atoms with Crippen molar-refractivity contribution in [3.8, 4) is 0 Å². The summed E-state index contributed by atoms with van der Waals surface area (Å²) in [6, 6.07) is 10.8. The van der Waals surface area contributed by atoms with E-state index in [2.05, 4.69) is 0 Å². The van der Waals surface area contributed by atoms with E-state index in [-0.39, 0.29) is 5.75 Å². The molecule has 0 aromatic heterocycles. The van der Waals surface area contributed by atoms with Crippen LogP contribution >= 0.6 is 11.6 Å². The highest BCUT2D eigenvalue weighted by Gasteiger charge is 2.09. The van der Waals surface area contributed by atoms with Gasteiger partial charge in [0.05, 0.1) is 16.6 Å². The molecule has 5 heteroatoms. The van der Waals surface area contributed by atoms with E-state index in [1.807, 2.05) is 0 Å². The molecular formula is C13H11ClFNOS. The number of halogens is 2. The van der Waals surface area contributed by atoms with Gasteiger partial charge in [-0.1, -0.05) is 23.7 Å². The van der Waals surface area contributed by atoms with Gasteiger partial charge in [0.15, 0.2) is 0 Å². The third kappa shape index (κ3) is 3.09. The van der Waals surface area contributed by atoms with Gasteiger partial charge in [-0.25, -0.2) is 4.39 Å². The Labute approximate surface area is 112 Å². The van der Waals surface area contributed by atoms with Crippen molar-refractivity contribution in [2.24, 2.45) is 0 Å². The van der Waals surface area contributed by atoms with Crippen molar-refractivity contribution in [2.45, 2.75) is 10.6 Å². The number of anilines is 1. The third-order valence-corrected chi connectivity index (χ3v) is 4.13. The van der Waals surface area contributed by atoms with Crippen LogP contribution in [0.2, 0.25) is 5.02 Å². The molecule has 94 valence electrons. The fourth-order valence-corrected chi connectivity index (χ4v) is 3.02. The molecule has 2 aromatic rings. The average molecular weight is 284 g/mol. The van der Waals surface area contributed by atoms with Gasteiger partial charge in [-0.15, -0.1) is 0 Å². The number of rotatable bonds is 3. The van der Waals surface area contributed by atoms with E-state index in [1.54, 1.807) is 24.3 Å². The van der Waals surface area contributed by atoms with Gasteiger partial charge in [0.1, 0.15) is 5.82 Å². The normalized spacial score (nSPS) is 12.3. The van der Waals surface area contributed by atoms with Gasteiger partial charge in [0.25, 0.3) is 0 Å². The topological polar surface area (TPSA) is 43.1 Å². The summed E-state index contributed by atoms with van der Waals surface area (Å²) in [4.78, 5) is 0.447. The van der Waals surface area contributed by atoms with Gasteiger partial charge in [0.2, 0.25) is 0 Å². The van der Waals surface area contributed by atoms with E-state index in [0.717, 1.165) is 5.56 Å². The first-order valence-electron chi connectivity index (χ1n) is 5.24. The minimum atomic E-state index is -1.33. The Kier molecular flexibility index (Phi) is 3.99. The standard InChI is InChI=1S/C13H11ClFNOS/c14-13-7-11(16)5-4-9(13)8-18(17)12-3-1-2-10(15)6-12/h1-7H,8,16H2. The monoisotopic (exact) mass is 283 g/mol. The van der Waals surface area contributed by atoms with Crippen molar-refractivity contribution in [2.75, 3.05) is 5.73 Å². The Hall–Kier alpha value is -1.39. The molecule has 1 unspecified atom stereocenters. The molecule has 0 aliphatic rings. The predicted octanol–water partition coefficient (Wildman–Crippen LogP) is 3.37. The van der Waals surface area contributed by atoms with Crippen LogP contribution < -0.4 is 5.73 Å². The zero-order valence-corrected chi connectivity index (χ0v) is 11.0. The first kappa shape index (κ1) is 13.1. The van der Waals surface area contributed by atoms with Crippen LogP contribution in [0.5, 0.6) is 0 Å². The Morgan fingerprint density at radius 3 is 2.67 bits per heavy atom. The Morgan fingerprint density at radius 2 is 2.00 bits per heavy atom. The summed E-state index contributed by atoms with van der Waals surface area (Å²) in [5.74, 6) is -0.160. The molecule has 2 N–H and O–H groups in total. The summed E-state index contributed by atoms with van der Waals surface area (Å²) in [6.07, 6.45) is 0. The molecule has 0 fully saturated rings. The van der Waals surface area contributed by atoms with Gasteiger partial charge >= 0.3 is 0 Å². The molecule has 0 radical (unpaired) electrons. The highest BCUT2D eigenvalue weighted by atomic mass is 35.5. The second-order valence-electron chi connectivity index (χ2n) is 3.80. The molecule has 0 aliphatic heterocycles. The summed E-state index contributed by atoms with van der Waals surface area (Å²) < 4.78 is 25.1. The van der Waals surface area contributed by atoms with Gasteiger partial charge in [-0.3, -0.25) is 4.21 Å². The lowest BCUT2D eigenvalue weighted by atomic mass is 10.2. The van der Waals surface area contributed by atoms with Crippen LogP contribution in [0, 0.1) is 5.82 Å². The molecule has 2 nitrogen and oxygen atoms in total. The van der Waals surface area contributed by atoms with Crippen molar-refractivity contribution >= 4 is 28.1 Å². The van der Waals surface area contributed by atoms with Gasteiger partial charge in [0, 0.05) is 15.6 Å². The molecule has 0 heterocycles. The Bertz CT molecular complexity index is 603. The molecule has 2 aromatic carbocycles. The fraction of sp³-hybridized carbons (Fsp3) is 0.0769. The number of hydrogen-bond acceptors (Lipinski definition) is 2. The molecule has 0 aliphatic carbocycles. The van der Waals surface area contributed by atoms with Crippen LogP contribution in [0.25, 0.3) is 0 Å². The molecule has 0 amide bonds. The maximum absolute atomic E-state index is 13.0. The van der Waals surface area contributed by atoms with Crippen molar-refractivity contribution in [1.82, 2.24) is 0 Å². The lowest BCUT2D eigenvalue weighted by Crippen LogP contribution is -1.98. The lowest BCUT2D eigenvalue weighted by molar-refractivity contribution is 0.622. The molecule has 0 saturated heterocycles. The van der Waals surface area contributed by atoms with Crippen LogP contribution in [0.3, 0.4) is 0 Å². The minimum Gasteiger partial charge on any atom is -0.399 e. The summed E-state index contributed by atoms with van der Waals surface area (Å²) in [5, 5.41) is 0.472. The van der Waals surface area contributed by atoms with Crippen molar-refractivity contribution in [3.63, 3.8) is 0 Å². The van der Waals surface area contributed by atoms with E-state index in [0.29, 0.717) is 15.6 Å². The van der Waals surface area contributed by atoms with Gasteiger partial charge < -0.3 is 5.73 Å². The minimum absolute atomic E-state index is 0.239. The predicted molar refractivity (Wildman–Crippen MR) is 72.4 cm³/mol. The Morgan fingerprint density at radius 1 is 1.22 bits per heavy atom. The second-order valence-corrected chi connectivity index (χ2v) is 5.66. The first-order chi connectivity index (χ1) is 8.56. The molecule has 1 atom stereocenters. The van der Waals surface area contributed by atoms with E-state index in [4.69, 9.17) is 17.3 Å². The molecular weight excluding hydrogens is 273 g/mol. The van der Waals surface area contributed by atoms with Crippen LogP contribution in [0.15, 0.2) is 47.4 Å². The second kappa shape index (κ2) is 5.50. The number of hydrogen-bond donors (Lipinski definition) is 1. The number of nitrogens with two attached hydrogens (primary N) is 1. The highest BCUT2D eigenvalue weighted by Crippen LogP contribution is 2.22. The van der Waals surface area contributed by atoms with E-state index < -0.39 is 16.6 Å². The average Bonchev–Trinajstić information content (AvgIpc) is 2.32. The third-order valence-electron chi connectivity index (χ3n) is 2.42. The van der Waals surface area contributed by atoms with E-state index in [1.165, 1.54) is 18.2 Å². The Balaban J connectivity index is 2.21. The zero-order valence-electron chi connectivity index (χ0n) is 9.40. The summed E-state index contributed by atoms with van der Waals surface area (Å²) in [5.41, 5.74) is 6.87. The molecule has 0 spiro atoms. The van der Waals surface area contributed by atoms with Crippen LogP contribution in [-0.2, 0) is 16.6 Å². The maximum atomic E-state index is 13.0. The summed E-state index contributed by atoms with van der Waals surface area (Å²) >= 11 is 6.00. The molecule has 0 saturated carbocycles. The van der Waals surface area contributed by atoms with Crippen LogP contribution in [0.1, 0.15) is 5.56 Å². The fourth-order valence-electron chi connectivity index (χ4n) is 1.51. The van der Waals surface area contributed by atoms with Crippen molar-refractivity contribution in [3.05, 3.63) is 58.9 Å².